The number of aryl methyl sites for hydroxylation is 1. The average molecular weight is 376 g/mol. The number of allylic oxidation sites excluding steroid dienone is 1. The zero-order valence-electron chi connectivity index (χ0n) is 16.1. The molecule has 1 N–H and O–H groups in total. The Hall–Kier alpha value is -3.59. The number of hydrogen-bond donors (Lipinski definition) is 1. The maximum atomic E-state index is 9.73. The predicted octanol–water partition coefficient (Wildman–Crippen LogP) is 4.43. The Kier molecular flexibility index (Phi) is 4.36. The molecule has 2 heterocycles. The molecule has 1 aliphatic heterocycles. The number of nitriles is 1. The maximum absolute atomic E-state index is 9.73. The molecule has 1 atom stereocenters. The Balaban J connectivity index is 1.96. The number of rotatable bonds is 4. The van der Waals surface area contributed by atoms with Gasteiger partial charge < -0.3 is 23.9 Å². The smallest absolute Gasteiger partial charge is 0.203 e. The highest BCUT2D eigenvalue weighted by Crippen LogP contribution is 2.48. The molecule has 0 aliphatic carbocycles. The summed E-state index contributed by atoms with van der Waals surface area (Å²) in [6, 6.07) is 10.1. The quantitative estimate of drug-likeness (QED) is 0.729. The van der Waals surface area contributed by atoms with Crippen molar-refractivity contribution in [3.63, 3.8) is 0 Å². The van der Waals surface area contributed by atoms with Crippen LogP contribution in [0.2, 0.25) is 0 Å². The number of aromatic amines is 1. The molecule has 6 heteroatoms. The molecule has 3 aromatic rings. The number of ether oxygens (including phenoxy) is 4. The summed E-state index contributed by atoms with van der Waals surface area (Å²) in [4.78, 5) is 3.28. The first kappa shape index (κ1) is 17.8. The van der Waals surface area contributed by atoms with Gasteiger partial charge in [-0.05, 0) is 30.2 Å². The van der Waals surface area contributed by atoms with Gasteiger partial charge in [0.1, 0.15) is 6.26 Å². The van der Waals surface area contributed by atoms with Gasteiger partial charge in [0.15, 0.2) is 17.2 Å². The molecule has 0 amide bonds. The van der Waals surface area contributed by atoms with Crippen LogP contribution in [0, 0.1) is 18.3 Å². The Morgan fingerprint density at radius 2 is 1.79 bits per heavy atom. The Bertz CT molecular complexity index is 1110. The predicted molar refractivity (Wildman–Crippen MR) is 105 cm³/mol. The highest BCUT2D eigenvalue weighted by Gasteiger charge is 2.30. The van der Waals surface area contributed by atoms with Crippen molar-refractivity contribution in [2.24, 2.45) is 0 Å². The van der Waals surface area contributed by atoms with Crippen LogP contribution in [0.3, 0.4) is 0 Å². The van der Waals surface area contributed by atoms with E-state index >= 15 is 0 Å². The summed E-state index contributed by atoms with van der Waals surface area (Å²) in [5, 5.41) is 10.8. The summed E-state index contributed by atoms with van der Waals surface area (Å²) < 4.78 is 22.3. The van der Waals surface area contributed by atoms with Crippen molar-refractivity contribution in [1.29, 1.82) is 5.26 Å². The van der Waals surface area contributed by atoms with Gasteiger partial charge in [-0.1, -0.05) is 12.1 Å². The molecular weight excluding hydrogens is 356 g/mol. The SMILES string of the molecule is COc1cc(C2C(C#N)=COc3c2ccc2c(C)c[nH]c32)cc(OC)c1OC. The molecule has 1 aliphatic rings. The standard InChI is InChI=1S/C22H20N2O4/c1-12-10-24-20-15(12)5-6-16-19(14(9-23)11-28-21(16)20)13-7-17(25-2)22(27-4)18(8-13)26-3/h5-8,10-11,19,24H,1-4H3. The molecule has 1 aromatic heterocycles. The lowest BCUT2D eigenvalue weighted by Crippen LogP contribution is -2.12. The van der Waals surface area contributed by atoms with E-state index in [0.29, 0.717) is 22.8 Å². The molecule has 6 nitrogen and oxygen atoms in total. The Labute approximate surface area is 162 Å². The average Bonchev–Trinajstić information content (AvgIpc) is 3.12. The van der Waals surface area contributed by atoms with E-state index in [1.165, 1.54) is 6.26 Å². The van der Waals surface area contributed by atoms with Gasteiger partial charge in [0.05, 0.1) is 44.4 Å². The van der Waals surface area contributed by atoms with Crippen LogP contribution in [0.5, 0.6) is 23.0 Å². The topological polar surface area (TPSA) is 76.5 Å². The summed E-state index contributed by atoms with van der Waals surface area (Å²) in [6.07, 6.45) is 3.47. The van der Waals surface area contributed by atoms with Crippen LogP contribution in [-0.4, -0.2) is 26.3 Å². The Morgan fingerprint density at radius 1 is 1.07 bits per heavy atom. The summed E-state index contributed by atoms with van der Waals surface area (Å²) in [5.74, 6) is 2.01. The van der Waals surface area contributed by atoms with Crippen molar-refractivity contribution in [3.8, 4) is 29.1 Å². The third-order valence-electron chi connectivity index (χ3n) is 5.12. The van der Waals surface area contributed by atoms with Gasteiger partial charge >= 0.3 is 0 Å². The van der Waals surface area contributed by atoms with Crippen LogP contribution in [-0.2, 0) is 0 Å². The zero-order chi connectivity index (χ0) is 19.8. The van der Waals surface area contributed by atoms with Gasteiger partial charge in [-0.15, -0.1) is 0 Å². The number of nitrogens with one attached hydrogen (secondary N) is 1. The van der Waals surface area contributed by atoms with Crippen molar-refractivity contribution >= 4 is 10.9 Å². The van der Waals surface area contributed by atoms with Gasteiger partial charge in [-0.25, -0.2) is 0 Å². The van der Waals surface area contributed by atoms with Gasteiger partial charge in [-0.2, -0.15) is 5.26 Å². The molecule has 0 radical (unpaired) electrons. The van der Waals surface area contributed by atoms with E-state index in [4.69, 9.17) is 18.9 Å². The molecule has 0 spiro atoms. The first-order valence-corrected chi connectivity index (χ1v) is 8.80. The van der Waals surface area contributed by atoms with Crippen LogP contribution in [0.4, 0.5) is 0 Å². The molecule has 0 saturated carbocycles. The number of aromatic nitrogens is 1. The second-order valence-corrected chi connectivity index (χ2v) is 6.57. The number of methoxy groups -OCH3 is 3. The van der Waals surface area contributed by atoms with Crippen LogP contribution in [0.25, 0.3) is 10.9 Å². The third-order valence-corrected chi connectivity index (χ3v) is 5.12. The normalized spacial score (nSPS) is 15.2. The molecule has 0 saturated heterocycles. The third kappa shape index (κ3) is 2.55. The van der Waals surface area contributed by atoms with E-state index in [0.717, 1.165) is 33.3 Å². The van der Waals surface area contributed by atoms with E-state index in [-0.39, 0.29) is 5.92 Å². The second-order valence-electron chi connectivity index (χ2n) is 6.57. The lowest BCUT2D eigenvalue weighted by molar-refractivity contribution is 0.323. The van der Waals surface area contributed by atoms with Crippen LogP contribution < -0.4 is 18.9 Å². The van der Waals surface area contributed by atoms with Gasteiger partial charge in [0.25, 0.3) is 0 Å². The van der Waals surface area contributed by atoms with Crippen molar-refractivity contribution < 1.29 is 18.9 Å². The molecule has 0 bridgehead atoms. The van der Waals surface area contributed by atoms with Crippen molar-refractivity contribution in [1.82, 2.24) is 4.98 Å². The fourth-order valence-corrected chi connectivity index (χ4v) is 3.76. The van der Waals surface area contributed by atoms with E-state index in [9.17, 15) is 5.26 Å². The van der Waals surface area contributed by atoms with Crippen molar-refractivity contribution in [3.05, 3.63) is 59.0 Å². The largest absolute Gasteiger partial charge is 0.493 e. The van der Waals surface area contributed by atoms with E-state index in [1.807, 2.05) is 31.3 Å². The highest BCUT2D eigenvalue weighted by molar-refractivity contribution is 5.90. The molecular formula is C22H20N2O4. The summed E-state index contributed by atoms with van der Waals surface area (Å²) in [6.45, 7) is 2.04. The molecule has 0 fully saturated rings. The van der Waals surface area contributed by atoms with Crippen molar-refractivity contribution in [2.45, 2.75) is 12.8 Å². The molecule has 1 unspecified atom stereocenters. The maximum Gasteiger partial charge on any atom is 0.203 e. The molecule has 2 aromatic carbocycles. The summed E-state index contributed by atoms with van der Waals surface area (Å²) in [7, 11) is 4.71. The number of fused-ring (bicyclic) bond motifs is 3. The minimum atomic E-state index is -0.310. The van der Waals surface area contributed by atoms with Crippen molar-refractivity contribution in [2.75, 3.05) is 21.3 Å². The van der Waals surface area contributed by atoms with Gasteiger partial charge in [0, 0.05) is 17.1 Å². The van der Waals surface area contributed by atoms with E-state index in [2.05, 4.69) is 17.1 Å². The minimum absolute atomic E-state index is 0.310. The molecule has 142 valence electrons. The zero-order valence-corrected chi connectivity index (χ0v) is 16.1. The lowest BCUT2D eigenvalue weighted by Gasteiger charge is -2.25. The summed E-state index contributed by atoms with van der Waals surface area (Å²) in [5.41, 5.74) is 4.32. The second kappa shape index (κ2) is 6.86. The lowest BCUT2D eigenvalue weighted by atomic mass is 9.83. The van der Waals surface area contributed by atoms with Crippen LogP contribution >= 0.6 is 0 Å². The Morgan fingerprint density at radius 3 is 2.39 bits per heavy atom. The fraction of sp³-hybridized carbons (Fsp3) is 0.227. The van der Waals surface area contributed by atoms with Crippen LogP contribution in [0.1, 0.15) is 22.6 Å². The number of hydrogen-bond acceptors (Lipinski definition) is 5. The fourth-order valence-electron chi connectivity index (χ4n) is 3.76. The van der Waals surface area contributed by atoms with E-state index in [1.54, 1.807) is 21.3 Å². The van der Waals surface area contributed by atoms with Gasteiger partial charge in [-0.3, -0.25) is 0 Å². The van der Waals surface area contributed by atoms with E-state index < -0.39 is 0 Å². The number of nitrogens with zero attached hydrogens (tertiary/aromatic N) is 1. The highest BCUT2D eigenvalue weighted by atomic mass is 16.5. The first-order chi connectivity index (χ1) is 13.6. The molecule has 4 rings (SSSR count). The monoisotopic (exact) mass is 376 g/mol. The van der Waals surface area contributed by atoms with Crippen LogP contribution in [0.15, 0.2) is 42.3 Å². The van der Waals surface area contributed by atoms with Gasteiger partial charge in [0.2, 0.25) is 5.75 Å². The number of benzene rings is 2. The molecule has 28 heavy (non-hydrogen) atoms. The number of H-pyrrole nitrogens is 1. The first-order valence-electron chi connectivity index (χ1n) is 8.80. The summed E-state index contributed by atoms with van der Waals surface area (Å²) >= 11 is 0. The minimum Gasteiger partial charge on any atom is -0.493 e.